The maximum atomic E-state index is 12.0. The highest BCUT2D eigenvalue weighted by Gasteiger charge is 2.19. The maximum Gasteiger partial charge on any atom is 0.324 e. The van der Waals surface area contributed by atoms with Gasteiger partial charge < -0.3 is 5.32 Å². The number of hydrogen-bond acceptors (Lipinski definition) is 3. The number of nitrogens with one attached hydrogen (secondary N) is 2. The Morgan fingerprint density at radius 1 is 1.17 bits per heavy atom. The molecule has 5 heteroatoms. The number of anilines is 2. The van der Waals surface area contributed by atoms with E-state index in [0.29, 0.717) is 11.7 Å². The number of carbonyl (C=O) groups is 1. The molecule has 0 aliphatic carbocycles. The highest BCUT2D eigenvalue weighted by molar-refractivity contribution is 5.99. The van der Waals surface area contributed by atoms with E-state index in [2.05, 4.69) is 46.5 Å². The minimum atomic E-state index is -0.277. The zero-order valence-electron chi connectivity index (χ0n) is 13.5. The fourth-order valence-electron chi connectivity index (χ4n) is 2.90. The van der Waals surface area contributed by atoms with Crippen LogP contribution in [0.5, 0.6) is 0 Å². The van der Waals surface area contributed by atoms with Crippen LogP contribution in [0.1, 0.15) is 25.0 Å². The van der Waals surface area contributed by atoms with Crippen molar-refractivity contribution in [1.82, 2.24) is 9.88 Å². The number of aromatic nitrogens is 1. The average molecular weight is 310 g/mol. The van der Waals surface area contributed by atoms with Crippen LogP contribution in [0, 0.1) is 5.92 Å². The number of amides is 2. The van der Waals surface area contributed by atoms with Gasteiger partial charge in [-0.05, 0) is 41.3 Å². The molecule has 1 aromatic heterocycles. The van der Waals surface area contributed by atoms with Crippen LogP contribution in [0.4, 0.5) is 16.3 Å². The molecule has 0 unspecified atom stereocenters. The monoisotopic (exact) mass is 310 g/mol. The van der Waals surface area contributed by atoms with Crippen LogP contribution in [-0.4, -0.2) is 22.5 Å². The summed E-state index contributed by atoms with van der Waals surface area (Å²) in [5, 5.41) is 5.59. The molecule has 0 radical (unpaired) electrons. The molecule has 0 saturated carbocycles. The normalized spacial score (nSPS) is 13.9. The van der Waals surface area contributed by atoms with Crippen LogP contribution in [0.2, 0.25) is 0 Å². The summed E-state index contributed by atoms with van der Waals surface area (Å²) in [6, 6.07) is 11.2. The van der Waals surface area contributed by atoms with Crippen molar-refractivity contribution in [1.29, 1.82) is 0 Å². The number of carbonyl (C=O) groups excluding carboxylic acids is 1. The first-order valence-corrected chi connectivity index (χ1v) is 7.93. The van der Waals surface area contributed by atoms with E-state index in [4.69, 9.17) is 0 Å². The zero-order valence-corrected chi connectivity index (χ0v) is 13.5. The van der Waals surface area contributed by atoms with Crippen molar-refractivity contribution in [3.05, 3.63) is 53.7 Å². The molecular weight excluding hydrogens is 288 g/mol. The van der Waals surface area contributed by atoms with Crippen LogP contribution in [0.25, 0.3) is 0 Å². The number of fused-ring (bicyclic) bond motifs is 1. The van der Waals surface area contributed by atoms with Crippen molar-refractivity contribution < 1.29 is 4.79 Å². The third kappa shape index (κ3) is 4.07. The molecule has 1 aliphatic rings. The second kappa shape index (κ2) is 6.79. The van der Waals surface area contributed by atoms with E-state index in [-0.39, 0.29) is 6.03 Å². The summed E-state index contributed by atoms with van der Waals surface area (Å²) >= 11 is 0. The third-order valence-corrected chi connectivity index (χ3v) is 3.78. The van der Waals surface area contributed by atoms with E-state index in [1.54, 1.807) is 12.3 Å². The Morgan fingerprint density at radius 2 is 2.00 bits per heavy atom. The van der Waals surface area contributed by atoms with E-state index < -0.39 is 0 Å². The zero-order chi connectivity index (χ0) is 16.2. The van der Waals surface area contributed by atoms with E-state index in [9.17, 15) is 4.79 Å². The number of pyridine rings is 1. The Morgan fingerprint density at radius 3 is 2.74 bits per heavy atom. The van der Waals surface area contributed by atoms with Crippen molar-refractivity contribution in [3.8, 4) is 0 Å². The minimum absolute atomic E-state index is 0.277. The second-order valence-corrected chi connectivity index (χ2v) is 6.34. The summed E-state index contributed by atoms with van der Waals surface area (Å²) < 4.78 is 0. The number of hydrogen-bond donors (Lipinski definition) is 2. The lowest BCUT2D eigenvalue weighted by Gasteiger charge is -2.16. The summed E-state index contributed by atoms with van der Waals surface area (Å²) in [5.41, 5.74) is 3.45. The van der Waals surface area contributed by atoms with Gasteiger partial charge in [-0.3, -0.25) is 10.2 Å². The third-order valence-electron chi connectivity index (χ3n) is 3.78. The van der Waals surface area contributed by atoms with Gasteiger partial charge in [0, 0.05) is 31.5 Å². The number of benzene rings is 1. The standard InChI is InChI=1S/C18H22N4O/c1-13(2)10-22-11-14-6-7-16(9-15(14)12-22)20-18(23)21-17-5-3-4-8-19-17/h3-9,13H,10-12H2,1-2H3,(H2,19,20,21,23). The summed E-state index contributed by atoms with van der Waals surface area (Å²) in [6.45, 7) is 7.51. The topological polar surface area (TPSA) is 57.3 Å². The van der Waals surface area contributed by atoms with Gasteiger partial charge in [-0.25, -0.2) is 9.78 Å². The molecule has 3 rings (SSSR count). The SMILES string of the molecule is CC(C)CN1Cc2ccc(NC(=O)Nc3ccccn3)cc2C1. The molecule has 2 aromatic rings. The van der Waals surface area contributed by atoms with Gasteiger partial charge in [0.25, 0.3) is 0 Å². The fourth-order valence-corrected chi connectivity index (χ4v) is 2.90. The van der Waals surface area contributed by atoms with Crippen molar-refractivity contribution >= 4 is 17.5 Å². The molecule has 0 bridgehead atoms. The van der Waals surface area contributed by atoms with Crippen LogP contribution in [0.15, 0.2) is 42.6 Å². The van der Waals surface area contributed by atoms with Crippen molar-refractivity contribution in [2.45, 2.75) is 26.9 Å². The lowest BCUT2D eigenvalue weighted by atomic mass is 10.1. The van der Waals surface area contributed by atoms with Gasteiger partial charge in [-0.2, -0.15) is 0 Å². The largest absolute Gasteiger partial charge is 0.324 e. The molecule has 120 valence electrons. The summed E-state index contributed by atoms with van der Waals surface area (Å²) in [6.07, 6.45) is 1.65. The van der Waals surface area contributed by atoms with Crippen LogP contribution < -0.4 is 10.6 Å². The quantitative estimate of drug-likeness (QED) is 0.905. The molecule has 0 atom stereocenters. The Labute approximate surface area is 136 Å². The van der Waals surface area contributed by atoms with Gasteiger partial charge >= 0.3 is 6.03 Å². The first-order valence-electron chi connectivity index (χ1n) is 7.93. The molecule has 2 heterocycles. The molecule has 23 heavy (non-hydrogen) atoms. The lowest BCUT2D eigenvalue weighted by Crippen LogP contribution is -2.21. The minimum Gasteiger partial charge on any atom is -0.308 e. The molecular formula is C18H22N4O. The van der Waals surface area contributed by atoms with E-state index in [1.165, 1.54) is 11.1 Å². The predicted octanol–water partition coefficient (Wildman–Crippen LogP) is 3.70. The Balaban J connectivity index is 1.61. The Kier molecular flexibility index (Phi) is 4.57. The predicted molar refractivity (Wildman–Crippen MR) is 92.3 cm³/mol. The van der Waals surface area contributed by atoms with Gasteiger partial charge in [-0.1, -0.05) is 26.0 Å². The van der Waals surface area contributed by atoms with Gasteiger partial charge in [0.2, 0.25) is 0 Å². The highest BCUT2D eigenvalue weighted by atomic mass is 16.2. The first-order chi connectivity index (χ1) is 11.1. The van der Waals surface area contributed by atoms with E-state index in [1.807, 2.05) is 18.2 Å². The molecule has 2 amide bonds. The highest BCUT2D eigenvalue weighted by Crippen LogP contribution is 2.26. The molecule has 1 aliphatic heterocycles. The van der Waals surface area contributed by atoms with Gasteiger partial charge in [0.15, 0.2) is 0 Å². The molecule has 5 nitrogen and oxygen atoms in total. The van der Waals surface area contributed by atoms with Crippen molar-refractivity contribution in [3.63, 3.8) is 0 Å². The van der Waals surface area contributed by atoms with Crippen LogP contribution in [0.3, 0.4) is 0 Å². The van der Waals surface area contributed by atoms with Crippen molar-refractivity contribution in [2.75, 3.05) is 17.2 Å². The second-order valence-electron chi connectivity index (χ2n) is 6.34. The molecule has 1 aromatic carbocycles. The average Bonchev–Trinajstić information content (AvgIpc) is 2.88. The number of urea groups is 1. The number of nitrogens with zero attached hydrogens (tertiary/aromatic N) is 2. The Bertz CT molecular complexity index is 685. The van der Waals surface area contributed by atoms with Crippen LogP contribution in [-0.2, 0) is 13.1 Å². The van der Waals surface area contributed by atoms with Gasteiger partial charge in [-0.15, -0.1) is 0 Å². The summed E-state index contributed by atoms with van der Waals surface area (Å²) in [7, 11) is 0. The first kappa shape index (κ1) is 15.5. The van der Waals surface area contributed by atoms with Gasteiger partial charge in [0.05, 0.1) is 0 Å². The van der Waals surface area contributed by atoms with E-state index >= 15 is 0 Å². The maximum absolute atomic E-state index is 12.0. The molecule has 2 N–H and O–H groups in total. The molecule has 0 fully saturated rings. The van der Waals surface area contributed by atoms with E-state index in [0.717, 1.165) is 25.3 Å². The lowest BCUT2D eigenvalue weighted by molar-refractivity contribution is 0.251. The fraction of sp³-hybridized carbons (Fsp3) is 0.333. The number of rotatable bonds is 4. The summed E-state index contributed by atoms with van der Waals surface area (Å²) in [5.74, 6) is 1.19. The molecule has 0 saturated heterocycles. The van der Waals surface area contributed by atoms with Crippen LogP contribution >= 0.6 is 0 Å². The molecule has 0 spiro atoms. The summed E-state index contributed by atoms with van der Waals surface area (Å²) in [4.78, 5) is 18.5. The van der Waals surface area contributed by atoms with Gasteiger partial charge in [0.1, 0.15) is 5.82 Å². The van der Waals surface area contributed by atoms with Crippen molar-refractivity contribution in [2.24, 2.45) is 5.92 Å². The Hall–Kier alpha value is -2.40. The smallest absolute Gasteiger partial charge is 0.308 e.